The molecule has 2 heterocycles. The van der Waals surface area contributed by atoms with Crippen LogP contribution in [0.1, 0.15) is 32.6 Å². The summed E-state index contributed by atoms with van der Waals surface area (Å²) in [6, 6.07) is 0.391. The molecule has 0 spiro atoms. The first-order valence-electron chi connectivity index (χ1n) is 7.22. The molecule has 7 nitrogen and oxygen atoms in total. The molecule has 0 aromatic carbocycles. The first kappa shape index (κ1) is 14.8. The number of rotatable bonds is 5. The fourth-order valence-corrected chi connectivity index (χ4v) is 2.41. The molecule has 1 saturated heterocycles. The fraction of sp³-hybridized carbons (Fsp3) is 0.769. The highest BCUT2D eigenvalue weighted by Crippen LogP contribution is 2.23. The molecule has 0 amide bonds. The van der Waals surface area contributed by atoms with Crippen LogP contribution in [0.4, 0.5) is 11.9 Å². The van der Waals surface area contributed by atoms with Crippen molar-refractivity contribution in [2.45, 2.75) is 38.6 Å². The van der Waals surface area contributed by atoms with Crippen LogP contribution in [0.2, 0.25) is 0 Å². The standard InChI is InChI=1S/C13H23N5O2/c1-3-20-13-16-11(14-2)15-12(17-13)18-8-6-4-5-7-10(18)9-19/h10,19H,3-9H2,1-2H3,(H,14,15,16,17). The van der Waals surface area contributed by atoms with Gasteiger partial charge in [-0.3, -0.25) is 0 Å². The Kier molecular flexibility index (Phi) is 5.34. The van der Waals surface area contributed by atoms with Crippen molar-refractivity contribution in [2.24, 2.45) is 0 Å². The van der Waals surface area contributed by atoms with Crippen LogP contribution in [0.25, 0.3) is 0 Å². The van der Waals surface area contributed by atoms with E-state index >= 15 is 0 Å². The summed E-state index contributed by atoms with van der Waals surface area (Å²) in [6.07, 6.45) is 4.35. The van der Waals surface area contributed by atoms with Gasteiger partial charge in [0.15, 0.2) is 0 Å². The third-order valence-electron chi connectivity index (χ3n) is 3.44. The Morgan fingerprint density at radius 1 is 1.30 bits per heavy atom. The van der Waals surface area contributed by atoms with E-state index in [-0.39, 0.29) is 12.6 Å². The van der Waals surface area contributed by atoms with E-state index in [0.29, 0.717) is 24.5 Å². The number of nitrogens with one attached hydrogen (secondary N) is 1. The van der Waals surface area contributed by atoms with Crippen molar-refractivity contribution in [3.05, 3.63) is 0 Å². The first-order chi connectivity index (χ1) is 9.78. The van der Waals surface area contributed by atoms with Gasteiger partial charge in [0.25, 0.3) is 0 Å². The van der Waals surface area contributed by atoms with Gasteiger partial charge in [-0.15, -0.1) is 0 Å². The topological polar surface area (TPSA) is 83.4 Å². The quantitative estimate of drug-likeness (QED) is 0.834. The van der Waals surface area contributed by atoms with Crippen LogP contribution in [0.5, 0.6) is 6.01 Å². The van der Waals surface area contributed by atoms with Gasteiger partial charge in [-0.05, 0) is 19.8 Å². The molecule has 2 N–H and O–H groups in total. The summed E-state index contributed by atoms with van der Waals surface area (Å²) in [5.74, 6) is 1.06. The van der Waals surface area contributed by atoms with Crippen LogP contribution in [0.3, 0.4) is 0 Å². The summed E-state index contributed by atoms with van der Waals surface area (Å²) < 4.78 is 5.39. The smallest absolute Gasteiger partial charge is 0.323 e. The van der Waals surface area contributed by atoms with Crippen LogP contribution < -0.4 is 15.0 Å². The molecule has 0 saturated carbocycles. The van der Waals surface area contributed by atoms with Crippen LogP contribution >= 0.6 is 0 Å². The van der Waals surface area contributed by atoms with E-state index in [4.69, 9.17) is 4.74 Å². The van der Waals surface area contributed by atoms with Crippen LogP contribution in [-0.2, 0) is 0 Å². The maximum absolute atomic E-state index is 9.59. The molecule has 1 unspecified atom stereocenters. The third kappa shape index (κ3) is 3.47. The van der Waals surface area contributed by atoms with Gasteiger partial charge >= 0.3 is 6.01 Å². The van der Waals surface area contributed by atoms with Gasteiger partial charge in [0.1, 0.15) is 0 Å². The van der Waals surface area contributed by atoms with Gasteiger partial charge in [-0.1, -0.05) is 12.8 Å². The normalized spacial score (nSPS) is 19.6. The average Bonchev–Trinajstić information content (AvgIpc) is 2.72. The molecule has 1 aromatic heterocycles. The largest absolute Gasteiger partial charge is 0.464 e. The molecule has 20 heavy (non-hydrogen) atoms. The minimum absolute atomic E-state index is 0.0686. The molecule has 0 radical (unpaired) electrons. The number of hydrogen-bond donors (Lipinski definition) is 2. The average molecular weight is 281 g/mol. The van der Waals surface area contributed by atoms with Crippen molar-refractivity contribution < 1.29 is 9.84 Å². The molecule has 112 valence electrons. The second kappa shape index (κ2) is 7.23. The number of ether oxygens (including phenoxy) is 1. The zero-order chi connectivity index (χ0) is 14.4. The second-order valence-electron chi connectivity index (χ2n) is 4.80. The lowest BCUT2D eigenvalue weighted by Crippen LogP contribution is -2.39. The van der Waals surface area contributed by atoms with Crippen LogP contribution in [-0.4, -0.2) is 52.9 Å². The van der Waals surface area contributed by atoms with E-state index in [1.54, 1.807) is 7.05 Å². The maximum Gasteiger partial charge on any atom is 0.323 e. The van der Waals surface area contributed by atoms with Gasteiger partial charge < -0.3 is 20.1 Å². The van der Waals surface area contributed by atoms with E-state index in [2.05, 4.69) is 25.2 Å². The molecular weight excluding hydrogens is 258 g/mol. The zero-order valence-electron chi connectivity index (χ0n) is 12.2. The predicted molar refractivity (Wildman–Crippen MR) is 77.2 cm³/mol. The maximum atomic E-state index is 9.59. The van der Waals surface area contributed by atoms with E-state index in [9.17, 15) is 5.11 Å². The predicted octanol–water partition coefficient (Wildman–Crippen LogP) is 1.05. The summed E-state index contributed by atoms with van der Waals surface area (Å²) in [5.41, 5.74) is 0. The Balaban J connectivity index is 2.30. The number of aliphatic hydroxyl groups excluding tert-OH is 1. The van der Waals surface area contributed by atoms with Crippen molar-refractivity contribution in [1.29, 1.82) is 0 Å². The monoisotopic (exact) mass is 281 g/mol. The molecule has 0 bridgehead atoms. The van der Waals surface area contributed by atoms with Crippen molar-refractivity contribution in [3.8, 4) is 6.01 Å². The highest BCUT2D eigenvalue weighted by molar-refractivity contribution is 5.39. The molecule has 7 heteroatoms. The van der Waals surface area contributed by atoms with Crippen molar-refractivity contribution in [1.82, 2.24) is 15.0 Å². The number of aliphatic hydroxyl groups is 1. The highest BCUT2D eigenvalue weighted by atomic mass is 16.5. The van der Waals surface area contributed by atoms with E-state index < -0.39 is 0 Å². The van der Waals surface area contributed by atoms with Gasteiger partial charge in [0.05, 0.1) is 19.3 Å². The lowest BCUT2D eigenvalue weighted by Gasteiger charge is -2.28. The van der Waals surface area contributed by atoms with E-state index in [0.717, 1.165) is 25.8 Å². The van der Waals surface area contributed by atoms with Crippen LogP contribution in [0, 0.1) is 0 Å². The Bertz CT molecular complexity index is 429. The van der Waals surface area contributed by atoms with Gasteiger partial charge in [-0.25, -0.2) is 0 Å². The summed E-state index contributed by atoms with van der Waals surface area (Å²) in [4.78, 5) is 15.0. The SMILES string of the molecule is CCOc1nc(NC)nc(N2CCCCCC2CO)n1. The summed E-state index contributed by atoms with van der Waals surface area (Å²) >= 11 is 0. The highest BCUT2D eigenvalue weighted by Gasteiger charge is 2.24. The summed E-state index contributed by atoms with van der Waals surface area (Å²) in [5, 5.41) is 12.5. The Morgan fingerprint density at radius 2 is 2.15 bits per heavy atom. The zero-order valence-corrected chi connectivity index (χ0v) is 12.2. The van der Waals surface area contributed by atoms with Crippen LogP contribution in [0.15, 0.2) is 0 Å². The Morgan fingerprint density at radius 3 is 2.85 bits per heavy atom. The number of hydrogen-bond acceptors (Lipinski definition) is 7. The molecule has 1 aliphatic heterocycles. The lowest BCUT2D eigenvalue weighted by atomic mass is 10.1. The molecular formula is C13H23N5O2. The minimum atomic E-state index is 0.0686. The second-order valence-corrected chi connectivity index (χ2v) is 4.80. The molecule has 1 fully saturated rings. The lowest BCUT2D eigenvalue weighted by molar-refractivity contribution is 0.253. The molecule has 2 rings (SSSR count). The number of anilines is 2. The molecule has 0 aliphatic carbocycles. The summed E-state index contributed by atoms with van der Waals surface area (Å²) in [6.45, 7) is 3.37. The first-order valence-corrected chi connectivity index (χ1v) is 7.22. The third-order valence-corrected chi connectivity index (χ3v) is 3.44. The molecule has 1 aliphatic rings. The number of nitrogens with zero attached hydrogens (tertiary/aromatic N) is 4. The van der Waals surface area contributed by atoms with Gasteiger partial charge in [-0.2, -0.15) is 15.0 Å². The van der Waals surface area contributed by atoms with E-state index in [1.807, 2.05) is 6.92 Å². The fourth-order valence-electron chi connectivity index (χ4n) is 2.41. The van der Waals surface area contributed by atoms with Crippen molar-refractivity contribution in [2.75, 3.05) is 37.0 Å². The Labute approximate surface area is 119 Å². The molecule has 1 aromatic rings. The number of aromatic nitrogens is 3. The summed E-state index contributed by atoms with van der Waals surface area (Å²) in [7, 11) is 1.76. The van der Waals surface area contributed by atoms with E-state index in [1.165, 1.54) is 6.42 Å². The van der Waals surface area contributed by atoms with Gasteiger partial charge in [0, 0.05) is 13.6 Å². The van der Waals surface area contributed by atoms with Crippen molar-refractivity contribution in [3.63, 3.8) is 0 Å². The minimum Gasteiger partial charge on any atom is -0.464 e. The Hall–Kier alpha value is -1.63. The van der Waals surface area contributed by atoms with Gasteiger partial charge in [0.2, 0.25) is 11.9 Å². The van der Waals surface area contributed by atoms with Crippen molar-refractivity contribution >= 4 is 11.9 Å². The molecule has 1 atom stereocenters.